The Hall–Kier alpha value is -0.242. The number of carboxylic acid groups (broad SMARTS) is 2. The predicted octanol–water partition coefficient (Wildman–Crippen LogP) is -1.38. The summed E-state index contributed by atoms with van der Waals surface area (Å²) in [6.45, 7) is 8.95. The summed E-state index contributed by atoms with van der Waals surface area (Å²) in [4.78, 5) is 19.0. The third-order valence-electron chi connectivity index (χ3n) is 0.697. The average Bonchev–Trinajstić information content (AvgIpc) is 1.88. The van der Waals surface area contributed by atoms with Gasteiger partial charge in [-0.25, -0.2) is 0 Å². The molecule has 4 nitrogen and oxygen atoms in total. The molecule has 0 aliphatic rings. The van der Waals surface area contributed by atoms with Crippen LogP contribution in [0.1, 0.15) is 13.8 Å². The van der Waals surface area contributed by atoms with Gasteiger partial charge in [0.25, 0.3) is 0 Å². The molecule has 0 heterocycles. The fourth-order valence-electron chi connectivity index (χ4n) is 0. The molecule has 0 fully saturated rings. The van der Waals surface area contributed by atoms with Gasteiger partial charge in [0.15, 0.2) is 0 Å². The maximum Gasteiger partial charge on any atom is 0.0666 e. The van der Waals surface area contributed by atoms with Crippen molar-refractivity contribution in [1.29, 1.82) is 0 Å². The van der Waals surface area contributed by atoms with E-state index in [0.717, 1.165) is 0 Å². The second-order valence-corrected chi connectivity index (χ2v) is 2.14. The van der Waals surface area contributed by atoms with Crippen LogP contribution < -0.4 is 10.2 Å². The summed E-state index contributed by atoms with van der Waals surface area (Å²) in [6, 6.07) is 0. The Balaban J connectivity index is -0.000000143. The average molecular weight is 321 g/mol. The van der Waals surface area contributed by atoms with E-state index in [1.807, 2.05) is 0 Å². The monoisotopic (exact) mass is 322 g/mol. The van der Waals surface area contributed by atoms with Crippen LogP contribution >= 0.6 is 0 Å². The Morgan fingerprint density at radius 3 is 1.00 bits per heavy atom. The zero-order valence-corrected chi connectivity index (χ0v) is 10.1. The van der Waals surface area contributed by atoms with Crippen LogP contribution in [0.5, 0.6) is 0 Å². The summed E-state index contributed by atoms with van der Waals surface area (Å²) in [5, 5.41) is 19.0. The molecule has 0 amide bonds. The maximum absolute atomic E-state index is 9.49. The van der Waals surface area contributed by atoms with Crippen LogP contribution in [0.15, 0.2) is 24.3 Å². The first-order chi connectivity index (χ1) is 5.29. The molecule has 0 aromatic rings. The van der Waals surface area contributed by atoms with Crippen molar-refractivity contribution in [3.05, 3.63) is 24.3 Å². The zero-order valence-electron chi connectivity index (χ0n) is 7.46. The number of aliphatic carboxylic acids is 2. The van der Waals surface area contributed by atoms with E-state index in [2.05, 4.69) is 13.2 Å². The van der Waals surface area contributed by atoms with Crippen molar-refractivity contribution in [2.24, 2.45) is 0 Å². The topological polar surface area (TPSA) is 80.3 Å². The van der Waals surface area contributed by atoms with Gasteiger partial charge in [0.05, 0.1) is 11.9 Å². The fraction of sp³-hybridized carbons (Fsp3) is 0.250. The Labute approximate surface area is 109 Å². The molecule has 0 aliphatic carbocycles. The van der Waals surface area contributed by atoms with Crippen molar-refractivity contribution in [2.75, 3.05) is 0 Å². The molecule has 13 heavy (non-hydrogen) atoms. The van der Waals surface area contributed by atoms with Gasteiger partial charge < -0.3 is 19.8 Å². The van der Waals surface area contributed by atoms with Crippen molar-refractivity contribution >= 4 is 11.9 Å². The van der Waals surface area contributed by atoms with Gasteiger partial charge in [-0.05, 0) is 25.0 Å². The first-order valence-corrected chi connectivity index (χ1v) is 3.02. The SMILES string of the molecule is C=C(C)C(=O)[O-].C=C(C)C(=O)[O-].[Sm]. The van der Waals surface area contributed by atoms with Gasteiger partial charge >= 0.3 is 0 Å². The van der Waals surface area contributed by atoms with Crippen LogP contribution in [0.4, 0.5) is 0 Å². The van der Waals surface area contributed by atoms with Crippen LogP contribution in [0.25, 0.3) is 0 Å². The molecule has 5 heteroatoms. The third kappa shape index (κ3) is 18.6. The van der Waals surface area contributed by atoms with E-state index in [4.69, 9.17) is 0 Å². The Morgan fingerprint density at radius 2 is 1.00 bits per heavy atom. The molecule has 74 valence electrons. The molecule has 0 aromatic carbocycles. The molecule has 0 aliphatic heterocycles. The summed E-state index contributed by atoms with van der Waals surface area (Å²) in [5.41, 5.74) is 0.130. The van der Waals surface area contributed by atoms with Crippen LogP contribution in [0, 0.1) is 40.4 Å². The standard InChI is InChI=1S/2C4H6O2.Sm/c2*1-3(2)4(5)6;/h2*1H2,2H3,(H,5,6);/p-2. The number of hydrogen-bond donors (Lipinski definition) is 0. The van der Waals surface area contributed by atoms with E-state index in [0.29, 0.717) is 0 Å². The third-order valence-corrected chi connectivity index (χ3v) is 0.697. The molecule has 0 radical (unpaired) electrons. The normalized spacial score (nSPS) is 6.92. The van der Waals surface area contributed by atoms with E-state index in [1.165, 1.54) is 13.8 Å². The molecule has 0 spiro atoms. The molecule has 0 saturated carbocycles. The van der Waals surface area contributed by atoms with Crippen LogP contribution in [-0.4, -0.2) is 11.9 Å². The smallest absolute Gasteiger partial charge is 0.0666 e. The quantitative estimate of drug-likeness (QED) is 0.588. The van der Waals surface area contributed by atoms with E-state index in [-0.39, 0.29) is 51.5 Å². The summed E-state index contributed by atoms with van der Waals surface area (Å²) in [5.74, 6) is -2.37. The summed E-state index contributed by atoms with van der Waals surface area (Å²) in [7, 11) is 0. The number of carbonyl (C=O) groups excluding carboxylic acids is 2. The first kappa shape index (κ1) is 18.5. The van der Waals surface area contributed by atoms with Crippen molar-refractivity contribution in [3.8, 4) is 0 Å². The van der Waals surface area contributed by atoms with Gasteiger partial charge in [0.1, 0.15) is 0 Å². The van der Waals surface area contributed by atoms with E-state index < -0.39 is 11.9 Å². The van der Waals surface area contributed by atoms with Crippen LogP contribution in [0.3, 0.4) is 0 Å². The van der Waals surface area contributed by atoms with Crippen molar-refractivity contribution < 1.29 is 60.2 Å². The number of hydrogen-bond acceptors (Lipinski definition) is 4. The van der Waals surface area contributed by atoms with Crippen LogP contribution in [0.2, 0.25) is 0 Å². The Bertz CT molecular complexity index is 172. The predicted molar refractivity (Wildman–Crippen MR) is 39.6 cm³/mol. The number of carboxylic acids is 2. The Morgan fingerprint density at radius 1 is 0.923 bits per heavy atom. The molecule has 0 unspecified atom stereocenters. The minimum Gasteiger partial charge on any atom is -0.545 e. The second-order valence-electron chi connectivity index (χ2n) is 2.14. The molecule has 0 aromatic heterocycles. The van der Waals surface area contributed by atoms with E-state index >= 15 is 0 Å². The number of rotatable bonds is 2. The summed E-state index contributed by atoms with van der Waals surface area (Å²) in [6.07, 6.45) is 0. The van der Waals surface area contributed by atoms with Gasteiger partial charge in [-0.2, -0.15) is 0 Å². The largest absolute Gasteiger partial charge is 0.545 e. The molecular weight excluding hydrogens is 310 g/mol. The van der Waals surface area contributed by atoms with E-state index in [1.54, 1.807) is 0 Å². The summed E-state index contributed by atoms with van der Waals surface area (Å²) < 4.78 is 0. The molecule has 0 bridgehead atoms. The van der Waals surface area contributed by atoms with Crippen LogP contribution in [-0.2, 0) is 9.59 Å². The Kier molecular flexibility index (Phi) is 14.0. The number of carbonyl (C=O) groups is 2. The maximum atomic E-state index is 9.49. The second kappa shape index (κ2) is 9.84. The van der Waals surface area contributed by atoms with Crippen molar-refractivity contribution in [1.82, 2.24) is 0 Å². The first-order valence-electron chi connectivity index (χ1n) is 3.02. The van der Waals surface area contributed by atoms with Crippen molar-refractivity contribution in [3.63, 3.8) is 0 Å². The molecule has 0 rings (SSSR count). The minimum atomic E-state index is -1.19. The van der Waals surface area contributed by atoms with Crippen molar-refractivity contribution in [2.45, 2.75) is 13.8 Å². The zero-order chi connectivity index (χ0) is 10.3. The van der Waals surface area contributed by atoms with Gasteiger partial charge in [-0.15, -0.1) is 0 Å². The van der Waals surface area contributed by atoms with Gasteiger partial charge in [-0.3, -0.25) is 0 Å². The molecular formula is C8H10O4Sm-2. The fourth-order valence-corrected chi connectivity index (χ4v) is 0. The van der Waals surface area contributed by atoms with Gasteiger partial charge in [0.2, 0.25) is 0 Å². The molecule has 0 atom stereocenters. The van der Waals surface area contributed by atoms with Gasteiger partial charge in [0, 0.05) is 40.4 Å². The summed E-state index contributed by atoms with van der Waals surface area (Å²) >= 11 is 0. The van der Waals surface area contributed by atoms with E-state index in [9.17, 15) is 19.8 Å². The van der Waals surface area contributed by atoms with Gasteiger partial charge in [-0.1, -0.05) is 13.2 Å². The minimum absolute atomic E-state index is 0. The molecule has 0 saturated heterocycles. The molecule has 0 N–H and O–H groups in total.